The monoisotopic (exact) mass is 437 g/mol. The third-order valence-electron chi connectivity index (χ3n) is 4.43. The number of hydrogen-bond donors (Lipinski definition) is 1. The number of hydrogen-bond acceptors (Lipinski definition) is 7. The first-order valence-corrected chi connectivity index (χ1v) is 9.92. The number of nitro groups is 1. The molecule has 0 saturated carbocycles. The van der Waals surface area contributed by atoms with Crippen LogP contribution in [0.15, 0.2) is 47.0 Å². The Bertz CT molecular complexity index is 1140. The molecular weight excluding hydrogens is 414 g/mol. The van der Waals surface area contributed by atoms with Crippen molar-refractivity contribution in [2.24, 2.45) is 0 Å². The van der Waals surface area contributed by atoms with E-state index in [-0.39, 0.29) is 29.7 Å². The molecule has 1 aromatic heterocycles. The lowest BCUT2D eigenvalue weighted by atomic mass is 10.1. The van der Waals surface area contributed by atoms with E-state index in [2.05, 4.69) is 10.5 Å². The van der Waals surface area contributed by atoms with Crippen LogP contribution < -0.4 is 14.8 Å². The van der Waals surface area contributed by atoms with Crippen LogP contribution in [0.3, 0.4) is 0 Å². The van der Waals surface area contributed by atoms with Gasteiger partial charge in [-0.25, -0.2) is 0 Å². The Labute approximate surface area is 184 Å². The molecule has 1 heterocycles. The van der Waals surface area contributed by atoms with Crippen LogP contribution in [0.25, 0.3) is 12.2 Å². The number of aryl methyl sites for hydroxylation is 2. The smallest absolute Gasteiger partial charge is 0.338 e. The molecule has 0 aliphatic carbocycles. The number of amides is 1. The second-order valence-electron chi connectivity index (χ2n) is 6.91. The van der Waals surface area contributed by atoms with Gasteiger partial charge in [-0.15, -0.1) is 0 Å². The van der Waals surface area contributed by atoms with Gasteiger partial charge in [0, 0.05) is 5.69 Å². The first-order valence-electron chi connectivity index (χ1n) is 9.92. The lowest BCUT2D eigenvalue weighted by Crippen LogP contribution is -2.20. The van der Waals surface area contributed by atoms with Crippen molar-refractivity contribution in [3.63, 3.8) is 0 Å². The highest BCUT2D eigenvalue weighted by molar-refractivity contribution is 5.91. The molecule has 2 aromatic carbocycles. The van der Waals surface area contributed by atoms with E-state index in [1.54, 1.807) is 24.3 Å². The van der Waals surface area contributed by atoms with Crippen molar-refractivity contribution >= 4 is 29.4 Å². The zero-order valence-corrected chi connectivity index (χ0v) is 18.0. The first-order chi connectivity index (χ1) is 15.4. The summed E-state index contributed by atoms with van der Waals surface area (Å²) < 4.78 is 16.3. The van der Waals surface area contributed by atoms with Crippen LogP contribution in [0.4, 0.5) is 11.4 Å². The standard InChI is InChI=1S/C23H23N3O6/c1-4-30-21-13-17(8-12-20-23(26(28)29)16(3)25-32-20)7-11-19(21)31-14-22(27)24-18-9-5-15(2)6-10-18/h5-13H,4,14H2,1-3H3,(H,24,27). The number of nitrogens with zero attached hydrogens (tertiary/aromatic N) is 2. The third kappa shape index (κ3) is 5.72. The number of nitrogens with one attached hydrogen (secondary N) is 1. The van der Waals surface area contributed by atoms with Crippen molar-refractivity contribution in [2.45, 2.75) is 20.8 Å². The van der Waals surface area contributed by atoms with E-state index in [0.29, 0.717) is 29.4 Å². The van der Waals surface area contributed by atoms with Crippen LogP contribution in [0, 0.1) is 24.0 Å². The Kier molecular flexibility index (Phi) is 7.22. The number of rotatable bonds is 9. The highest BCUT2D eigenvalue weighted by Gasteiger charge is 2.22. The molecule has 166 valence electrons. The minimum absolute atomic E-state index is 0.0542. The van der Waals surface area contributed by atoms with Crippen molar-refractivity contribution in [2.75, 3.05) is 18.5 Å². The molecule has 3 rings (SSSR count). The average Bonchev–Trinajstić information content (AvgIpc) is 3.14. The summed E-state index contributed by atoms with van der Waals surface area (Å²) in [4.78, 5) is 22.8. The van der Waals surface area contributed by atoms with Crippen molar-refractivity contribution in [3.05, 3.63) is 75.2 Å². The number of carbonyl (C=O) groups excluding carboxylic acids is 1. The number of carbonyl (C=O) groups is 1. The van der Waals surface area contributed by atoms with E-state index < -0.39 is 4.92 Å². The maximum Gasteiger partial charge on any atom is 0.338 e. The zero-order chi connectivity index (χ0) is 23.1. The first kappa shape index (κ1) is 22.5. The summed E-state index contributed by atoms with van der Waals surface area (Å²) in [6.45, 7) is 5.51. The summed E-state index contributed by atoms with van der Waals surface area (Å²) in [6.07, 6.45) is 3.11. The Balaban J connectivity index is 1.69. The fraction of sp³-hybridized carbons (Fsp3) is 0.217. The van der Waals surface area contributed by atoms with Crippen LogP contribution in [0.5, 0.6) is 11.5 Å². The summed E-state index contributed by atoms with van der Waals surface area (Å²) in [5.41, 5.74) is 2.52. The van der Waals surface area contributed by atoms with Gasteiger partial charge in [0.25, 0.3) is 5.91 Å². The maximum atomic E-state index is 12.2. The maximum absolute atomic E-state index is 12.2. The molecule has 0 radical (unpaired) electrons. The average molecular weight is 437 g/mol. The fourth-order valence-corrected chi connectivity index (χ4v) is 2.88. The quantitative estimate of drug-likeness (QED) is 0.378. The van der Waals surface area contributed by atoms with Gasteiger partial charge < -0.3 is 19.3 Å². The predicted octanol–water partition coefficient (Wildman–Crippen LogP) is 4.79. The van der Waals surface area contributed by atoms with Crippen LogP contribution >= 0.6 is 0 Å². The van der Waals surface area contributed by atoms with Crippen LogP contribution in [0.1, 0.15) is 29.5 Å². The van der Waals surface area contributed by atoms with Gasteiger partial charge >= 0.3 is 5.69 Å². The molecular formula is C23H23N3O6. The second kappa shape index (κ2) is 10.3. The zero-order valence-electron chi connectivity index (χ0n) is 18.0. The molecule has 0 atom stereocenters. The minimum atomic E-state index is -0.532. The number of benzene rings is 2. The molecule has 0 spiro atoms. The van der Waals surface area contributed by atoms with Gasteiger partial charge in [0.1, 0.15) is 0 Å². The van der Waals surface area contributed by atoms with Gasteiger partial charge in [0.05, 0.1) is 11.5 Å². The molecule has 0 aliphatic rings. The van der Waals surface area contributed by atoms with Gasteiger partial charge in [0.2, 0.25) is 5.76 Å². The molecule has 0 fully saturated rings. The van der Waals surface area contributed by atoms with Gasteiger partial charge in [-0.05, 0) is 56.7 Å². The number of ether oxygens (including phenoxy) is 2. The summed E-state index contributed by atoms with van der Waals surface area (Å²) in [6, 6.07) is 12.6. The molecule has 9 heteroatoms. The summed E-state index contributed by atoms with van der Waals surface area (Å²) in [5, 5.41) is 17.6. The van der Waals surface area contributed by atoms with Gasteiger partial charge in [0.15, 0.2) is 23.8 Å². The van der Waals surface area contributed by atoms with E-state index in [4.69, 9.17) is 14.0 Å². The number of anilines is 1. The largest absolute Gasteiger partial charge is 0.490 e. The molecule has 1 N–H and O–H groups in total. The Morgan fingerprint density at radius 1 is 1.12 bits per heavy atom. The van der Waals surface area contributed by atoms with Gasteiger partial charge in [-0.3, -0.25) is 14.9 Å². The van der Waals surface area contributed by atoms with E-state index in [1.807, 2.05) is 38.1 Å². The van der Waals surface area contributed by atoms with Gasteiger partial charge in [-0.1, -0.05) is 35.0 Å². The SMILES string of the molecule is CCOc1cc(C=Cc2onc(C)c2[N+](=O)[O-])ccc1OCC(=O)Nc1ccc(C)cc1. The number of aromatic nitrogens is 1. The second-order valence-corrected chi connectivity index (χ2v) is 6.91. The highest BCUT2D eigenvalue weighted by Crippen LogP contribution is 2.30. The molecule has 0 saturated heterocycles. The van der Waals surface area contributed by atoms with Crippen molar-refractivity contribution in [3.8, 4) is 11.5 Å². The molecule has 0 unspecified atom stereocenters. The normalized spacial score (nSPS) is 10.8. The molecule has 3 aromatic rings. The Morgan fingerprint density at radius 2 is 1.88 bits per heavy atom. The lowest BCUT2D eigenvalue weighted by Gasteiger charge is -2.13. The van der Waals surface area contributed by atoms with Crippen molar-refractivity contribution in [1.82, 2.24) is 5.16 Å². The van der Waals surface area contributed by atoms with E-state index in [9.17, 15) is 14.9 Å². The van der Waals surface area contributed by atoms with Crippen LogP contribution in [-0.4, -0.2) is 29.2 Å². The van der Waals surface area contributed by atoms with Crippen molar-refractivity contribution in [1.29, 1.82) is 0 Å². The van der Waals surface area contributed by atoms with E-state index in [1.165, 1.54) is 13.0 Å². The summed E-state index contributed by atoms with van der Waals surface area (Å²) >= 11 is 0. The highest BCUT2D eigenvalue weighted by atomic mass is 16.6. The molecule has 1 amide bonds. The Hall–Kier alpha value is -4.14. The lowest BCUT2D eigenvalue weighted by molar-refractivity contribution is -0.386. The Morgan fingerprint density at radius 3 is 2.56 bits per heavy atom. The fourth-order valence-electron chi connectivity index (χ4n) is 2.88. The molecule has 0 aliphatic heterocycles. The topological polar surface area (TPSA) is 117 Å². The third-order valence-corrected chi connectivity index (χ3v) is 4.43. The van der Waals surface area contributed by atoms with E-state index >= 15 is 0 Å². The summed E-state index contributed by atoms with van der Waals surface area (Å²) in [5.74, 6) is 0.609. The van der Waals surface area contributed by atoms with Crippen LogP contribution in [-0.2, 0) is 4.79 Å². The molecule has 32 heavy (non-hydrogen) atoms. The van der Waals surface area contributed by atoms with Gasteiger partial charge in [-0.2, -0.15) is 0 Å². The summed E-state index contributed by atoms with van der Waals surface area (Å²) in [7, 11) is 0. The molecule has 9 nitrogen and oxygen atoms in total. The van der Waals surface area contributed by atoms with Crippen molar-refractivity contribution < 1.29 is 23.7 Å². The van der Waals surface area contributed by atoms with E-state index in [0.717, 1.165) is 5.56 Å². The minimum Gasteiger partial charge on any atom is -0.490 e. The van der Waals surface area contributed by atoms with Crippen LogP contribution in [0.2, 0.25) is 0 Å². The predicted molar refractivity (Wildman–Crippen MR) is 120 cm³/mol. The molecule has 0 bridgehead atoms.